The number of nitrogens with one attached hydrogen (secondary N) is 1. The Hall–Kier alpha value is -2.03. The highest BCUT2D eigenvalue weighted by atomic mass is 19.4. The average Bonchev–Trinajstić information content (AvgIpc) is 3.03. The third-order valence-electron chi connectivity index (χ3n) is 4.05. The number of aromatic nitrogens is 5. The predicted octanol–water partition coefficient (Wildman–Crippen LogP) is 2.30. The molecule has 23 heavy (non-hydrogen) atoms. The minimum absolute atomic E-state index is 0.266. The average molecular weight is 326 g/mol. The molecule has 1 fully saturated rings. The van der Waals surface area contributed by atoms with Gasteiger partial charge in [-0.05, 0) is 26.3 Å². The zero-order valence-electron chi connectivity index (χ0n) is 12.6. The molecule has 0 bridgehead atoms. The van der Waals surface area contributed by atoms with Gasteiger partial charge in [0, 0.05) is 36.5 Å². The van der Waals surface area contributed by atoms with Crippen LogP contribution in [0.15, 0.2) is 12.5 Å². The van der Waals surface area contributed by atoms with E-state index in [4.69, 9.17) is 0 Å². The molecule has 6 nitrogen and oxygen atoms in total. The molecule has 9 heteroatoms. The minimum Gasteiger partial charge on any atom is -0.298 e. The number of hydrogen-bond acceptors (Lipinski definition) is 5. The number of alkyl halides is 3. The maximum atomic E-state index is 12.6. The lowest BCUT2D eigenvalue weighted by Gasteiger charge is -2.31. The van der Waals surface area contributed by atoms with Crippen LogP contribution in [0.4, 0.5) is 13.2 Å². The van der Waals surface area contributed by atoms with E-state index < -0.39 is 12.0 Å². The Balaban J connectivity index is 1.69. The van der Waals surface area contributed by atoms with E-state index in [1.165, 1.54) is 12.5 Å². The lowest BCUT2D eigenvalue weighted by atomic mass is 9.97. The van der Waals surface area contributed by atoms with Crippen molar-refractivity contribution < 1.29 is 13.2 Å². The van der Waals surface area contributed by atoms with Gasteiger partial charge in [-0.1, -0.05) is 0 Å². The molecule has 124 valence electrons. The van der Waals surface area contributed by atoms with Crippen LogP contribution < -0.4 is 0 Å². The van der Waals surface area contributed by atoms with Gasteiger partial charge in [0.05, 0.1) is 0 Å². The van der Waals surface area contributed by atoms with Crippen molar-refractivity contribution in [3.8, 4) is 0 Å². The number of piperidine rings is 1. The largest absolute Gasteiger partial charge is 0.451 e. The van der Waals surface area contributed by atoms with E-state index in [0.29, 0.717) is 12.2 Å². The number of H-pyrrole nitrogens is 1. The summed E-state index contributed by atoms with van der Waals surface area (Å²) in [7, 11) is 0. The number of halogens is 3. The lowest BCUT2D eigenvalue weighted by molar-refractivity contribution is -0.145. The van der Waals surface area contributed by atoms with E-state index in [1.54, 1.807) is 6.92 Å². The summed E-state index contributed by atoms with van der Waals surface area (Å²) in [5, 5.41) is 6.76. The molecule has 0 spiro atoms. The van der Waals surface area contributed by atoms with Crippen LogP contribution in [0.3, 0.4) is 0 Å². The first-order valence-electron chi connectivity index (χ1n) is 7.41. The normalized spacial score (nSPS) is 19.9. The molecule has 0 aliphatic carbocycles. The Bertz CT molecular complexity index is 655. The van der Waals surface area contributed by atoms with Crippen molar-refractivity contribution >= 4 is 0 Å². The third-order valence-corrected chi connectivity index (χ3v) is 4.05. The van der Waals surface area contributed by atoms with E-state index in [0.717, 1.165) is 37.3 Å². The third kappa shape index (κ3) is 3.66. The van der Waals surface area contributed by atoms with E-state index in [-0.39, 0.29) is 5.92 Å². The van der Waals surface area contributed by atoms with Gasteiger partial charge in [0.2, 0.25) is 5.82 Å². The van der Waals surface area contributed by atoms with Crippen LogP contribution in [0.2, 0.25) is 0 Å². The smallest absolute Gasteiger partial charge is 0.298 e. The fraction of sp³-hybridized carbons (Fsp3) is 0.571. The zero-order valence-corrected chi connectivity index (χ0v) is 12.6. The predicted molar refractivity (Wildman–Crippen MR) is 75.4 cm³/mol. The molecule has 0 radical (unpaired) electrons. The molecular weight excluding hydrogens is 309 g/mol. The standard InChI is InChI=1S/C14H17F3N6/c1-9-11(5-18-13(21-9)14(15,16)17)7-23-4-2-3-10(6-23)12-19-8-20-22-12/h5,8,10H,2-4,6-7H2,1H3,(H,19,20,22)/t10-/m1/s1. The van der Waals surface area contributed by atoms with Gasteiger partial charge in [0.1, 0.15) is 12.2 Å². The van der Waals surface area contributed by atoms with Gasteiger partial charge in [0.25, 0.3) is 0 Å². The first-order valence-corrected chi connectivity index (χ1v) is 7.41. The molecule has 0 aromatic carbocycles. The highest BCUT2D eigenvalue weighted by Gasteiger charge is 2.35. The second-order valence-electron chi connectivity index (χ2n) is 5.75. The van der Waals surface area contributed by atoms with Crippen LogP contribution in [0.25, 0.3) is 0 Å². The molecular formula is C14H17F3N6. The van der Waals surface area contributed by atoms with Crippen molar-refractivity contribution in [1.82, 2.24) is 30.0 Å². The molecule has 1 saturated heterocycles. The summed E-state index contributed by atoms with van der Waals surface area (Å²) >= 11 is 0. The van der Waals surface area contributed by atoms with Gasteiger partial charge in [0.15, 0.2) is 0 Å². The zero-order chi connectivity index (χ0) is 16.4. The van der Waals surface area contributed by atoms with Crippen LogP contribution in [-0.4, -0.2) is 43.1 Å². The number of nitrogens with zero attached hydrogens (tertiary/aromatic N) is 5. The van der Waals surface area contributed by atoms with Crippen LogP contribution >= 0.6 is 0 Å². The van der Waals surface area contributed by atoms with Crippen LogP contribution in [-0.2, 0) is 12.7 Å². The number of rotatable bonds is 3. The van der Waals surface area contributed by atoms with Crippen molar-refractivity contribution in [2.45, 2.75) is 38.4 Å². The first kappa shape index (κ1) is 15.9. The first-order chi connectivity index (χ1) is 10.9. The van der Waals surface area contributed by atoms with Crippen molar-refractivity contribution in [3.05, 3.63) is 35.4 Å². The molecule has 0 saturated carbocycles. The summed E-state index contributed by atoms with van der Waals surface area (Å²) in [6, 6.07) is 0. The molecule has 1 aliphatic heterocycles. The van der Waals surface area contributed by atoms with Gasteiger partial charge in [-0.25, -0.2) is 15.0 Å². The topological polar surface area (TPSA) is 70.6 Å². The lowest BCUT2D eigenvalue weighted by Crippen LogP contribution is -2.34. The molecule has 3 heterocycles. The second kappa shape index (κ2) is 6.23. The minimum atomic E-state index is -4.51. The van der Waals surface area contributed by atoms with Gasteiger partial charge in [-0.3, -0.25) is 10.00 Å². The fourth-order valence-corrected chi connectivity index (χ4v) is 2.86. The molecule has 3 rings (SSSR count). The fourth-order valence-electron chi connectivity index (χ4n) is 2.86. The molecule has 0 amide bonds. The van der Waals surface area contributed by atoms with Crippen molar-refractivity contribution in [1.29, 1.82) is 0 Å². The maximum absolute atomic E-state index is 12.6. The van der Waals surface area contributed by atoms with Crippen molar-refractivity contribution in [2.24, 2.45) is 0 Å². The number of aromatic amines is 1. The Kier molecular flexibility index (Phi) is 4.29. The quantitative estimate of drug-likeness (QED) is 0.937. The van der Waals surface area contributed by atoms with E-state index in [2.05, 4.69) is 30.0 Å². The highest BCUT2D eigenvalue weighted by Crippen LogP contribution is 2.28. The highest BCUT2D eigenvalue weighted by molar-refractivity contribution is 5.17. The van der Waals surface area contributed by atoms with E-state index >= 15 is 0 Å². The molecule has 0 unspecified atom stereocenters. The number of likely N-dealkylation sites (tertiary alicyclic amines) is 1. The van der Waals surface area contributed by atoms with Gasteiger partial charge in [-0.2, -0.15) is 18.3 Å². The van der Waals surface area contributed by atoms with Gasteiger partial charge < -0.3 is 0 Å². The molecule has 1 N–H and O–H groups in total. The van der Waals surface area contributed by atoms with E-state index in [1.807, 2.05) is 0 Å². The number of hydrogen-bond donors (Lipinski definition) is 1. The maximum Gasteiger partial charge on any atom is 0.451 e. The van der Waals surface area contributed by atoms with Crippen molar-refractivity contribution in [2.75, 3.05) is 13.1 Å². The van der Waals surface area contributed by atoms with Crippen LogP contribution in [0.5, 0.6) is 0 Å². The second-order valence-corrected chi connectivity index (χ2v) is 5.75. The Morgan fingerprint density at radius 2 is 2.17 bits per heavy atom. The summed E-state index contributed by atoms with van der Waals surface area (Å²) in [6.07, 6.45) is 0.289. The van der Waals surface area contributed by atoms with E-state index in [9.17, 15) is 13.2 Å². The van der Waals surface area contributed by atoms with Crippen LogP contribution in [0, 0.1) is 6.92 Å². The summed E-state index contributed by atoms with van der Waals surface area (Å²) < 4.78 is 37.8. The molecule has 1 atom stereocenters. The molecule has 2 aromatic rings. The summed E-state index contributed by atoms with van der Waals surface area (Å²) in [5.74, 6) is 0.0361. The van der Waals surface area contributed by atoms with Crippen LogP contribution in [0.1, 0.15) is 41.7 Å². The monoisotopic (exact) mass is 326 g/mol. The van der Waals surface area contributed by atoms with Crippen molar-refractivity contribution in [3.63, 3.8) is 0 Å². The Morgan fingerprint density at radius 3 is 2.83 bits per heavy atom. The number of aryl methyl sites for hydroxylation is 1. The Labute approximate surface area is 131 Å². The summed E-state index contributed by atoms with van der Waals surface area (Å²) in [4.78, 5) is 13.4. The molecule has 1 aliphatic rings. The summed E-state index contributed by atoms with van der Waals surface area (Å²) in [5.41, 5.74) is 1.09. The van der Waals surface area contributed by atoms with Gasteiger partial charge in [-0.15, -0.1) is 0 Å². The Morgan fingerprint density at radius 1 is 1.35 bits per heavy atom. The van der Waals surface area contributed by atoms with Gasteiger partial charge >= 0.3 is 6.18 Å². The summed E-state index contributed by atoms with van der Waals surface area (Å²) in [6.45, 7) is 3.81. The SMILES string of the molecule is Cc1nc(C(F)(F)F)ncc1CN1CCC[C@@H](c2ncn[nH]2)C1. The molecule has 2 aromatic heterocycles.